The number of likely N-dealkylation sites (tertiary alicyclic amines) is 1. The van der Waals surface area contributed by atoms with Gasteiger partial charge in [0.15, 0.2) is 10.8 Å². The first-order valence-corrected chi connectivity index (χ1v) is 13.4. The number of rotatable bonds is 4. The van der Waals surface area contributed by atoms with E-state index in [4.69, 9.17) is 34.8 Å². The predicted molar refractivity (Wildman–Crippen MR) is 135 cm³/mol. The van der Waals surface area contributed by atoms with Gasteiger partial charge in [-0.3, -0.25) is 4.79 Å². The molecule has 5 rings (SSSR count). The smallest absolute Gasteiger partial charge is 0.338 e. The van der Waals surface area contributed by atoms with Crippen LogP contribution in [0.25, 0.3) is 16.3 Å². The van der Waals surface area contributed by atoms with Gasteiger partial charge in [-0.1, -0.05) is 53.0 Å². The molecule has 0 atom stereocenters. The van der Waals surface area contributed by atoms with Crippen molar-refractivity contribution in [3.63, 3.8) is 0 Å². The van der Waals surface area contributed by atoms with Crippen LogP contribution in [-0.2, 0) is 6.18 Å². The summed E-state index contributed by atoms with van der Waals surface area (Å²) in [5.74, 6) is -0.738. The molecule has 3 aromatic heterocycles. The second-order valence-corrected chi connectivity index (χ2v) is 10.8. The van der Waals surface area contributed by atoms with Crippen molar-refractivity contribution >= 4 is 63.6 Å². The highest BCUT2D eigenvalue weighted by molar-refractivity contribution is 7.12. The Balaban J connectivity index is 1.35. The number of benzene rings is 1. The third-order valence-corrected chi connectivity index (χ3v) is 8.97. The van der Waals surface area contributed by atoms with Crippen molar-refractivity contribution in [3.8, 4) is 16.3 Å². The Morgan fingerprint density at radius 1 is 1.08 bits per heavy atom. The molecular weight excluding hydrogens is 578 g/mol. The van der Waals surface area contributed by atoms with Gasteiger partial charge in [-0.15, -0.1) is 11.3 Å². The van der Waals surface area contributed by atoms with Gasteiger partial charge in [-0.25, -0.2) is 9.67 Å². The first-order chi connectivity index (χ1) is 17.1. The third-order valence-electron chi connectivity index (χ3n) is 5.80. The number of carbonyl (C=O) groups is 1. The molecule has 0 unspecified atom stereocenters. The second kappa shape index (κ2) is 9.94. The minimum absolute atomic E-state index is 0.0552. The lowest BCUT2D eigenvalue weighted by molar-refractivity contribution is -0.141. The number of piperidine rings is 1. The molecule has 4 aromatic rings. The van der Waals surface area contributed by atoms with E-state index in [-0.39, 0.29) is 29.3 Å². The van der Waals surface area contributed by atoms with E-state index in [9.17, 15) is 18.0 Å². The molecule has 4 heterocycles. The van der Waals surface area contributed by atoms with Gasteiger partial charge in [-0.05, 0) is 36.5 Å². The highest BCUT2D eigenvalue weighted by Crippen LogP contribution is 2.40. The maximum Gasteiger partial charge on any atom is 0.436 e. The molecule has 1 amide bonds. The van der Waals surface area contributed by atoms with Gasteiger partial charge < -0.3 is 4.90 Å². The molecule has 0 saturated carbocycles. The first-order valence-electron chi connectivity index (χ1n) is 10.6. The Morgan fingerprint density at radius 3 is 2.39 bits per heavy atom. The SMILES string of the molecule is O=C(c1c(C(F)(F)F)nn(-c2ccccc2)c1Cl)N1CCC(c2nc(-c3snc(Cl)c3Cl)cs2)CC1. The molecule has 14 heteroatoms. The van der Waals surface area contributed by atoms with E-state index in [1.807, 2.05) is 5.38 Å². The summed E-state index contributed by atoms with van der Waals surface area (Å²) in [6.45, 7) is 0.519. The number of para-hydroxylation sites is 1. The summed E-state index contributed by atoms with van der Waals surface area (Å²) < 4.78 is 46.4. The van der Waals surface area contributed by atoms with Crippen molar-refractivity contribution in [2.75, 3.05) is 13.1 Å². The fraction of sp³-hybridized carbons (Fsp3) is 0.273. The summed E-state index contributed by atoms with van der Waals surface area (Å²) in [5, 5.41) is 6.60. The molecule has 0 bridgehead atoms. The second-order valence-electron chi connectivity index (χ2n) is 8.01. The summed E-state index contributed by atoms with van der Waals surface area (Å²) in [4.78, 5) is 20.0. The zero-order chi connectivity index (χ0) is 25.6. The molecule has 0 N–H and O–H groups in total. The van der Waals surface area contributed by atoms with Crippen molar-refractivity contribution in [1.82, 2.24) is 24.0 Å². The molecule has 6 nitrogen and oxygen atoms in total. The van der Waals surface area contributed by atoms with E-state index in [1.54, 1.807) is 30.3 Å². The van der Waals surface area contributed by atoms with E-state index in [0.717, 1.165) is 21.2 Å². The average Bonchev–Trinajstić information content (AvgIpc) is 3.57. The van der Waals surface area contributed by atoms with Crippen LogP contribution in [0.5, 0.6) is 0 Å². The molecule has 0 radical (unpaired) electrons. The highest BCUT2D eigenvalue weighted by Gasteiger charge is 2.43. The summed E-state index contributed by atoms with van der Waals surface area (Å²) in [5.41, 5.74) is -0.932. The number of hydrogen-bond acceptors (Lipinski definition) is 6. The Kier molecular flexibility index (Phi) is 7.03. The zero-order valence-corrected chi connectivity index (χ0v) is 22.0. The number of thiazole rings is 1. The largest absolute Gasteiger partial charge is 0.436 e. The molecule has 188 valence electrons. The summed E-state index contributed by atoms with van der Waals surface area (Å²) in [6.07, 6.45) is -3.76. The fourth-order valence-corrected chi connectivity index (χ4v) is 6.56. The number of carbonyl (C=O) groups excluding carboxylic acids is 1. The summed E-state index contributed by atoms with van der Waals surface area (Å²) in [7, 11) is 0. The monoisotopic (exact) mass is 591 g/mol. The van der Waals surface area contributed by atoms with Crippen LogP contribution in [0.15, 0.2) is 35.7 Å². The topological polar surface area (TPSA) is 63.9 Å². The van der Waals surface area contributed by atoms with Gasteiger partial charge in [0, 0.05) is 24.4 Å². The Bertz CT molecular complexity index is 1410. The van der Waals surface area contributed by atoms with Crippen LogP contribution in [0.4, 0.5) is 13.2 Å². The average molecular weight is 593 g/mol. The maximum absolute atomic E-state index is 13.8. The van der Waals surface area contributed by atoms with Crippen molar-refractivity contribution in [2.45, 2.75) is 24.9 Å². The van der Waals surface area contributed by atoms with Crippen molar-refractivity contribution in [3.05, 3.63) is 67.3 Å². The number of alkyl halides is 3. The minimum atomic E-state index is -4.84. The van der Waals surface area contributed by atoms with Gasteiger partial charge in [-0.2, -0.15) is 22.6 Å². The van der Waals surface area contributed by atoms with Gasteiger partial charge in [0.05, 0.1) is 26.3 Å². The standard InChI is InChI=1S/C22H15Cl3F3N5OS2/c23-15-16(36-31-18(15)24)13-10-35-20(29-13)11-6-8-32(9-7-11)21(34)14-17(22(26,27)28)30-33(19(14)25)12-4-2-1-3-5-12/h1-5,10-11H,6-9H2. The zero-order valence-electron chi connectivity index (χ0n) is 18.1. The van der Waals surface area contributed by atoms with Crippen LogP contribution in [-0.4, -0.2) is 43.0 Å². The van der Waals surface area contributed by atoms with Crippen LogP contribution in [0, 0.1) is 0 Å². The number of hydrogen-bond donors (Lipinski definition) is 0. The lowest BCUT2D eigenvalue weighted by atomic mass is 9.97. The first kappa shape index (κ1) is 25.5. The lowest BCUT2D eigenvalue weighted by Gasteiger charge is -2.31. The number of nitrogens with zero attached hydrogens (tertiary/aromatic N) is 5. The van der Waals surface area contributed by atoms with Gasteiger partial charge in [0.25, 0.3) is 5.91 Å². The molecule has 0 spiro atoms. The Hall–Kier alpha value is -2.18. The van der Waals surface area contributed by atoms with E-state index in [2.05, 4.69) is 14.5 Å². The van der Waals surface area contributed by atoms with Crippen molar-refractivity contribution < 1.29 is 18.0 Å². The lowest BCUT2D eigenvalue weighted by Crippen LogP contribution is -2.38. The Morgan fingerprint density at radius 2 is 1.78 bits per heavy atom. The van der Waals surface area contributed by atoms with Crippen LogP contribution in [0.1, 0.15) is 39.8 Å². The predicted octanol–water partition coefficient (Wildman–Crippen LogP) is 7.45. The van der Waals surface area contributed by atoms with E-state index in [0.29, 0.717) is 34.1 Å². The highest BCUT2D eigenvalue weighted by atomic mass is 35.5. The molecule has 0 aliphatic carbocycles. The van der Waals surface area contributed by atoms with E-state index < -0.39 is 23.3 Å². The molecule has 1 aliphatic rings. The molecule has 1 fully saturated rings. The summed E-state index contributed by atoms with van der Waals surface area (Å²) in [6, 6.07) is 8.14. The van der Waals surface area contributed by atoms with Gasteiger partial charge >= 0.3 is 6.18 Å². The molecule has 1 saturated heterocycles. The molecule has 1 aromatic carbocycles. The quantitative estimate of drug-likeness (QED) is 0.247. The molecule has 36 heavy (non-hydrogen) atoms. The van der Waals surface area contributed by atoms with E-state index >= 15 is 0 Å². The van der Waals surface area contributed by atoms with Crippen LogP contribution < -0.4 is 0 Å². The number of amides is 1. The van der Waals surface area contributed by atoms with Crippen LogP contribution in [0.2, 0.25) is 15.3 Å². The number of aromatic nitrogens is 4. The molecule has 1 aliphatic heterocycles. The normalized spacial score (nSPS) is 15.0. The summed E-state index contributed by atoms with van der Waals surface area (Å²) >= 11 is 21.1. The number of halogens is 6. The van der Waals surface area contributed by atoms with Gasteiger partial charge in [0.1, 0.15) is 10.7 Å². The maximum atomic E-state index is 13.8. The molecular formula is C22H15Cl3F3N5OS2. The minimum Gasteiger partial charge on any atom is -0.338 e. The van der Waals surface area contributed by atoms with Crippen molar-refractivity contribution in [1.29, 1.82) is 0 Å². The fourth-order valence-electron chi connectivity index (χ4n) is 4.01. The van der Waals surface area contributed by atoms with Crippen LogP contribution >= 0.6 is 57.7 Å². The van der Waals surface area contributed by atoms with Crippen molar-refractivity contribution in [2.24, 2.45) is 0 Å². The Labute approximate surface area is 226 Å². The van der Waals surface area contributed by atoms with E-state index in [1.165, 1.54) is 16.2 Å². The van der Waals surface area contributed by atoms with Crippen LogP contribution in [0.3, 0.4) is 0 Å². The van der Waals surface area contributed by atoms with Gasteiger partial charge in [0.2, 0.25) is 0 Å². The third kappa shape index (κ3) is 4.74.